The van der Waals surface area contributed by atoms with E-state index in [9.17, 15) is 8.78 Å². The lowest BCUT2D eigenvalue weighted by Gasteiger charge is -2.01. The van der Waals surface area contributed by atoms with E-state index in [1.54, 1.807) is 6.92 Å². The van der Waals surface area contributed by atoms with E-state index in [4.69, 9.17) is 0 Å². The number of aryl methyl sites for hydroxylation is 2. The molecule has 0 spiro atoms. The molecule has 0 bridgehead atoms. The SMILES string of the molecule is Cc1nnc(-c2ccc(C)c(F)c2F)s1. The molecule has 1 heterocycles. The highest BCUT2D eigenvalue weighted by Crippen LogP contribution is 2.28. The summed E-state index contributed by atoms with van der Waals surface area (Å²) in [6, 6.07) is 3.05. The second kappa shape index (κ2) is 3.66. The number of halogens is 2. The highest BCUT2D eigenvalue weighted by atomic mass is 32.1. The minimum Gasteiger partial charge on any atom is -0.203 e. The van der Waals surface area contributed by atoms with Crippen LogP contribution in [0.5, 0.6) is 0 Å². The molecule has 78 valence electrons. The lowest BCUT2D eigenvalue weighted by Crippen LogP contribution is -1.92. The zero-order valence-electron chi connectivity index (χ0n) is 8.21. The van der Waals surface area contributed by atoms with E-state index < -0.39 is 11.6 Å². The molecule has 0 atom stereocenters. The van der Waals surface area contributed by atoms with Crippen LogP contribution in [0.2, 0.25) is 0 Å². The molecule has 2 aromatic rings. The fourth-order valence-electron chi connectivity index (χ4n) is 1.22. The van der Waals surface area contributed by atoms with Gasteiger partial charge >= 0.3 is 0 Å². The van der Waals surface area contributed by atoms with E-state index in [1.807, 2.05) is 0 Å². The van der Waals surface area contributed by atoms with Crippen molar-refractivity contribution in [2.24, 2.45) is 0 Å². The summed E-state index contributed by atoms with van der Waals surface area (Å²) < 4.78 is 26.8. The maximum atomic E-state index is 13.5. The van der Waals surface area contributed by atoms with Gasteiger partial charge in [-0.2, -0.15) is 0 Å². The van der Waals surface area contributed by atoms with Gasteiger partial charge in [0.05, 0.1) is 5.56 Å². The van der Waals surface area contributed by atoms with Crippen molar-refractivity contribution in [2.75, 3.05) is 0 Å². The number of hydrogen-bond donors (Lipinski definition) is 0. The molecule has 1 aromatic carbocycles. The Balaban J connectivity index is 2.59. The average Bonchev–Trinajstić information content (AvgIpc) is 2.61. The number of benzene rings is 1. The monoisotopic (exact) mass is 226 g/mol. The summed E-state index contributed by atoms with van der Waals surface area (Å²) in [4.78, 5) is 0. The Bertz CT molecular complexity index is 508. The molecule has 0 saturated heterocycles. The van der Waals surface area contributed by atoms with Gasteiger partial charge in [0.1, 0.15) is 5.01 Å². The molecule has 0 aliphatic carbocycles. The maximum absolute atomic E-state index is 13.5. The Morgan fingerprint density at radius 3 is 2.40 bits per heavy atom. The van der Waals surface area contributed by atoms with Crippen molar-refractivity contribution in [3.8, 4) is 10.6 Å². The number of hydrogen-bond acceptors (Lipinski definition) is 3. The highest BCUT2D eigenvalue weighted by molar-refractivity contribution is 7.14. The van der Waals surface area contributed by atoms with Gasteiger partial charge in [-0.15, -0.1) is 10.2 Å². The van der Waals surface area contributed by atoms with Crippen LogP contribution in [-0.2, 0) is 0 Å². The molecule has 0 saturated carbocycles. The van der Waals surface area contributed by atoms with Crippen LogP contribution in [0.4, 0.5) is 8.78 Å². The second-order valence-corrected chi connectivity index (χ2v) is 4.37. The molecule has 0 radical (unpaired) electrons. The van der Waals surface area contributed by atoms with Crippen molar-refractivity contribution in [3.63, 3.8) is 0 Å². The number of aromatic nitrogens is 2. The Kier molecular flexibility index (Phi) is 2.48. The molecule has 0 unspecified atom stereocenters. The van der Waals surface area contributed by atoms with Gasteiger partial charge in [-0.05, 0) is 25.5 Å². The first-order chi connectivity index (χ1) is 7.09. The van der Waals surface area contributed by atoms with Crippen molar-refractivity contribution in [3.05, 3.63) is 34.3 Å². The van der Waals surface area contributed by atoms with Crippen LogP contribution >= 0.6 is 11.3 Å². The largest absolute Gasteiger partial charge is 0.203 e. The summed E-state index contributed by atoms with van der Waals surface area (Å²) >= 11 is 1.24. The van der Waals surface area contributed by atoms with Gasteiger partial charge in [-0.25, -0.2) is 8.78 Å². The van der Waals surface area contributed by atoms with Crippen molar-refractivity contribution in [1.82, 2.24) is 10.2 Å². The molecule has 1 aromatic heterocycles. The Labute approximate surface area is 89.6 Å². The third-order valence-electron chi connectivity index (χ3n) is 2.03. The number of rotatable bonds is 1. The van der Waals surface area contributed by atoms with Crippen LogP contribution in [0.25, 0.3) is 10.6 Å². The van der Waals surface area contributed by atoms with Gasteiger partial charge < -0.3 is 0 Å². The smallest absolute Gasteiger partial charge is 0.169 e. The highest BCUT2D eigenvalue weighted by Gasteiger charge is 2.15. The normalized spacial score (nSPS) is 10.7. The van der Waals surface area contributed by atoms with Crippen LogP contribution in [0.1, 0.15) is 10.6 Å². The van der Waals surface area contributed by atoms with E-state index in [-0.39, 0.29) is 11.1 Å². The van der Waals surface area contributed by atoms with E-state index in [2.05, 4.69) is 10.2 Å². The zero-order valence-corrected chi connectivity index (χ0v) is 9.03. The summed E-state index contributed by atoms with van der Waals surface area (Å²) in [5, 5.41) is 8.68. The van der Waals surface area contributed by atoms with E-state index >= 15 is 0 Å². The molecule has 2 nitrogen and oxygen atoms in total. The van der Waals surface area contributed by atoms with E-state index in [0.29, 0.717) is 5.01 Å². The molecule has 0 aliphatic heterocycles. The lowest BCUT2D eigenvalue weighted by molar-refractivity contribution is 0.505. The average molecular weight is 226 g/mol. The molecular weight excluding hydrogens is 218 g/mol. The predicted octanol–water partition coefficient (Wildman–Crippen LogP) is 3.10. The lowest BCUT2D eigenvalue weighted by atomic mass is 10.1. The summed E-state index contributed by atoms with van der Waals surface area (Å²) in [7, 11) is 0. The fourth-order valence-corrected chi connectivity index (χ4v) is 1.93. The quantitative estimate of drug-likeness (QED) is 0.746. The topological polar surface area (TPSA) is 25.8 Å². The van der Waals surface area contributed by atoms with Gasteiger partial charge in [0.25, 0.3) is 0 Å². The minimum absolute atomic E-state index is 0.170. The molecule has 0 aliphatic rings. The van der Waals surface area contributed by atoms with Gasteiger partial charge in [0.2, 0.25) is 0 Å². The first-order valence-corrected chi connectivity index (χ1v) is 5.16. The third-order valence-corrected chi connectivity index (χ3v) is 2.90. The molecule has 15 heavy (non-hydrogen) atoms. The summed E-state index contributed by atoms with van der Waals surface area (Å²) in [5.74, 6) is -1.67. The van der Waals surface area contributed by atoms with Crippen molar-refractivity contribution in [1.29, 1.82) is 0 Å². The van der Waals surface area contributed by atoms with E-state index in [0.717, 1.165) is 5.01 Å². The van der Waals surface area contributed by atoms with Crippen LogP contribution < -0.4 is 0 Å². The van der Waals surface area contributed by atoms with Crippen molar-refractivity contribution in [2.45, 2.75) is 13.8 Å². The van der Waals surface area contributed by atoms with Crippen molar-refractivity contribution >= 4 is 11.3 Å². The van der Waals surface area contributed by atoms with Gasteiger partial charge in [-0.3, -0.25) is 0 Å². The van der Waals surface area contributed by atoms with E-state index in [1.165, 1.54) is 30.4 Å². The predicted molar refractivity (Wildman–Crippen MR) is 54.7 cm³/mol. The summed E-state index contributed by atoms with van der Waals surface area (Å²) in [6.07, 6.45) is 0. The first kappa shape index (κ1) is 10.2. The van der Waals surface area contributed by atoms with Crippen LogP contribution in [-0.4, -0.2) is 10.2 Å². The maximum Gasteiger partial charge on any atom is 0.169 e. The van der Waals surface area contributed by atoms with Crippen LogP contribution in [0.15, 0.2) is 12.1 Å². The molecular formula is C10H8F2N2S. The second-order valence-electron chi connectivity index (χ2n) is 3.18. The minimum atomic E-state index is -0.855. The van der Waals surface area contributed by atoms with Gasteiger partial charge in [-0.1, -0.05) is 17.4 Å². The Hall–Kier alpha value is -1.36. The summed E-state index contributed by atoms with van der Waals surface area (Å²) in [5.41, 5.74) is 0.459. The molecule has 0 N–H and O–H groups in total. The van der Waals surface area contributed by atoms with Gasteiger partial charge in [0, 0.05) is 0 Å². The molecule has 0 amide bonds. The standard InChI is InChI=1S/C10H8F2N2S/c1-5-3-4-7(9(12)8(5)11)10-14-13-6(2)15-10/h3-4H,1-2H3. The molecule has 5 heteroatoms. The fraction of sp³-hybridized carbons (Fsp3) is 0.200. The summed E-state index contributed by atoms with van der Waals surface area (Å²) in [6.45, 7) is 3.29. The molecule has 2 rings (SSSR count). The van der Waals surface area contributed by atoms with Crippen LogP contribution in [0.3, 0.4) is 0 Å². The zero-order chi connectivity index (χ0) is 11.0. The molecule has 0 fully saturated rings. The number of nitrogens with zero attached hydrogens (tertiary/aromatic N) is 2. The van der Waals surface area contributed by atoms with Crippen LogP contribution in [0, 0.1) is 25.5 Å². The third kappa shape index (κ3) is 1.74. The first-order valence-electron chi connectivity index (χ1n) is 4.34. The van der Waals surface area contributed by atoms with Crippen molar-refractivity contribution < 1.29 is 8.78 Å². The van der Waals surface area contributed by atoms with Gasteiger partial charge in [0.15, 0.2) is 16.6 Å². The Morgan fingerprint density at radius 1 is 1.07 bits per heavy atom. The Morgan fingerprint density at radius 2 is 1.80 bits per heavy atom.